The Bertz CT molecular complexity index is 803. The summed E-state index contributed by atoms with van der Waals surface area (Å²) in [6.07, 6.45) is -10.2. The highest BCUT2D eigenvalue weighted by Crippen LogP contribution is 2.37. The Hall–Kier alpha value is -2.55. The molecule has 0 bridgehead atoms. The van der Waals surface area contributed by atoms with Crippen LogP contribution in [-0.2, 0) is 12.4 Å². The van der Waals surface area contributed by atoms with Crippen LogP contribution in [0.15, 0.2) is 48.5 Å². The van der Waals surface area contributed by atoms with Gasteiger partial charge in [-0.15, -0.1) is 12.4 Å². The maximum atomic E-state index is 13.0. The summed E-state index contributed by atoms with van der Waals surface area (Å²) >= 11 is 0. The lowest BCUT2D eigenvalue weighted by Crippen LogP contribution is -2.32. The maximum Gasteiger partial charge on any atom is 0.417 e. The second-order valence-electron chi connectivity index (χ2n) is 4.91. The number of hydrogen-bond donors (Lipinski definition) is 1. The quantitative estimate of drug-likeness (QED) is 0.589. The molecule has 140 valence electrons. The van der Waals surface area contributed by atoms with Gasteiger partial charge < -0.3 is 0 Å². The van der Waals surface area contributed by atoms with Gasteiger partial charge in [-0.25, -0.2) is 0 Å². The third-order valence-corrected chi connectivity index (χ3v) is 3.16. The van der Waals surface area contributed by atoms with E-state index in [1.165, 1.54) is 24.3 Å². The molecule has 2 amide bonds. The molecule has 0 aliphatic carbocycles. The molecule has 26 heavy (non-hydrogen) atoms. The van der Waals surface area contributed by atoms with Crippen molar-refractivity contribution in [2.24, 2.45) is 0 Å². The number of amides is 2. The summed E-state index contributed by atoms with van der Waals surface area (Å²) in [5, 5.41) is 1.72. The van der Waals surface area contributed by atoms with Gasteiger partial charge in [0.15, 0.2) is 0 Å². The number of alkyl halides is 6. The SMILES string of the molecule is Cl.O=C(NC(=O)c1ccc(C(F)(F)F)cc1C(F)(F)F)c1ccccc1. The van der Waals surface area contributed by atoms with Gasteiger partial charge in [0.2, 0.25) is 0 Å². The van der Waals surface area contributed by atoms with E-state index in [2.05, 4.69) is 0 Å². The first-order chi connectivity index (χ1) is 11.5. The predicted molar refractivity (Wildman–Crippen MR) is 81.9 cm³/mol. The van der Waals surface area contributed by atoms with Crippen molar-refractivity contribution in [2.75, 3.05) is 0 Å². The van der Waals surface area contributed by atoms with Gasteiger partial charge in [0, 0.05) is 5.56 Å². The molecule has 0 aliphatic rings. The fraction of sp³-hybridized carbons (Fsp3) is 0.125. The van der Waals surface area contributed by atoms with Gasteiger partial charge >= 0.3 is 12.4 Å². The minimum atomic E-state index is -5.20. The molecule has 3 nitrogen and oxygen atoms in total. The number of carbonyl (C=O) groups is 2. The lowest BCUT2D eigenvalue weighted by molar-refractivity contribution is -0.143. The highest BCUT2D eigenvalue weighted by atomic mass is 35.5. The van der Waals surface area contributed by atoms with E-state index in [0.717, 1.165) is 0 Å². The molecule has 0 spiro atoms. The van der Waals surface area contributed by atoms with E-state index < -0.39 is 40.9 Å². The van der Waals surface area contributed by atoms with Crippen molar-refractivity contribution in [3.8, 4) is 0 Å². The molecule has 2 aromatic rings. The van der Waals surface area contributed by atoms with Crippen LogP contribution in [0, 0.1) is 0 Å². The first kappa shape index (κ1) is 21.5. The van der Waals surface area contributed by atoms with Gasteiger partial charge in [-0.2, -0.15) is 26.3 Å². The number of imide groups is 1. The summed E-state index contributed by atoms with van der Waals surface area (Å²) < 4.78 is 76.8. The first-order valence-corrected chi connectivity index (χ1v) is 6.69. The predicted octanol–water partition coefficient (Wildman–Crippen LogP) is 4.72. The van der Waals surface area contributed by atoms with Crippen molar-refractivity contribution in [1.29, 1.82) is 0 Å². The molecule has 10 heteroatoms. The summed E-state index contributed by atoms with van der Waals surface area (Å²) in [7, 11) is 0. The smallest absolute Gasteiger partial charge is 0.288 e. The lowest BCUT2D eigenvalue weighted by atomic mass is 10.0. The Balaban J connectivity index is 0.00000338. The molecule has 2 aromatic carbocycles. The minimum absolute atomic E-state index is 0. The Kier molecular flexibility index (Phi) is 6.43. The Labute approximate surface area is 149 Å². The van der Waals surface area contributed by atoms with Crippen LogP contribution < -0.4 is 5.32 Å². The zero-order valence-electron chi connectivity index (χ0n) is 12.6. The molecule has 0 saturated heterocycles. The van der Waals surface area contributed by atoms with Crippen LogP contribution in [0.25, 0.3) is 0 Å². The third kappa shape index (κ3) is 4.98. The van der Waals surface area contributed by atoms with Crippen LogP contribution in [0.5, 0.6) is 0 Å². The Morgan fingerprint density at radius 1 is 0.769 bits per heavy atom. The van der Waals surface area contributed by atoms with Crippen LogP contribution in [0.2, 0.25) is 0 Å². The van der Waals surface area contributed by atoms with Crippen molar-refractivity contribution < 1.29 is 35.9 Å². The molecule has 0 fully saturated rings. The van der Waals surface area contributed by atoms with Gasteiger partial charge in [-0.1, -0.05) is 18.2 Å². The molecular formula is C16H10ClF6NO2. The topological polar surface area (TPSA) is 46.2 Å². The number of benzene rings is 2. The van der Waals surface area contributed by atoms with Gasteiger partial charge in [0.1, 0.15) is 0 Å². The maximum absolute atomic E-state index is 13.0. The van der Waals surface area contributed by atoms with Crippen molar-refractivity contribution in [3.05, 3.63) is 70.8 Å². The van der Waals surface area contributed by atoms with Crippen molar-refractivity contribution >= 4 is 24.2 Å². The summed E-state index contributed by atoms with van der Waals surface area (Å²) in [6, 6.07) is 7.73. The Morgan fingerprint density at radius 3 is 1.85 bits per heavy atom. The fourth-order valence-electron chi connectivity index (χ4n) is 1.99. The zero-order valence-corrected chi connectivity index (χ0v) is 13.4. The van der Waals surface area contributed by atoms with Crippen LogP contribution in [0.3, 0.4) is 0 Å². The zero-order chi connectivity index (χ0) is 18.8. The van der Waals surface area contributed by atoms with Crippen molar-refractivity contribution in [1.82, 2.24) is 5.32 Å². The highest BCUT2D eigenvalue weighted by molar-refractivity contribution is 6.10. The second-order valence-corrected chi connectivity index (χ2v) is 4.91. The molecule has 0 aliphatic heterocycles. The molecule has 0 heterocycles. The van der Waals surface area contributed by atoms with E-state index in [1.54, 1.807) is 11.4 Å². The number of halogens is 7. The van der Waals surface area contributed by atoms with Gasteiger partial charge in [-0.05, 0) is 30.3 Å². The summed E-state index contributed by atoms with van der Waals surface area (Å²) in [5.41, 5.74) is -4.40. The first-order valence-electron chi connectivity index (χ1n) is 6.69. The van der Waals surface area contributed by atoms with Gasteiger partial charge in [0.25, 0.3) is 11.8 Å². The number of hydrogen-bond acceptors (Lipinski definition) is 2. The Morgan fingerprint density at radius 2 is 1.35 bits per heavy atom. The summed E-state index contributed by atoms with van der Waals surface area (Å²) in [6.45, 7) is 0. The van der Waals surface area contributed by atoms with Crippen LogP contribution in [0.4, 0.5) is 26.3 Å². The fourth-order valence-corrected chi connectivity index (χ4v) is 1.99. The molecule has 0 radical (unpaired) electrons. The normalized spacial score (nSPS) is 11.5. The van der Waals surface area contributed by atoms with Gasteiger partial charge in [-0.3, -0.25) is 14.9 Å². The average molecular weight is 398 g/mol. The van der Waals surface area contributed by atoms with Crippen LogP contribution in [0.1, 0.15) is 31.8 Å². The van der Waals surface area contributed by atoms with Crippen LogP contribution >= 0.6 is 12.4 Å². The van der Waals surface area contributed by atoms with E-state index >= 15 is 0 Å². The molecule has 2 rings (SSSR count). The molecule has 0 saturated carbocycles. The van der Waals surface area contributed by atoms with E-state index in [0.29, 0.717) is 12.1 Å². The molecule has 0 atom stereocenters. The van der Waals surface area contributed by atoms with Crippen molar-refractivity contribution in [3.63, 3.8) is 0 Å². The van der Waals surface area contributed by atoms with E-state index in [1.807, 2.05) is 0 Å². The van der Waals surface area contributed by atoms with E-state index in [-0.39, 0.29) is 24.0 Å². The minimum Gasteiger partial charge on any atom is -0.288 e. The number of carbonyl (C=O) groups excluding carboxylic acids is 2. The average Bonchev–Trinajstić information content (AvgIpc) is 2.53. The number of rotatable bonds is 2. The van der Waals surface area contributed by atoms with E-state index in [9.17, 15) is 35.9 Å². The second kappa shape index (κ2) is 7.77. The summed E-state index contributed by atoms with van der Waals surface area (Å²) in [5.74, 6) is -2.42. The highest BCUT2D eigenvalue weighted by Gasteiger charge is 2.39. The lowest BCUT2D eigenvalue weighted by Gasteiger charge is -2.15. The third-order valence-electron chi connectivity index (χ3n) is 3.16. The van der Waals surface area contributed by atoms with E-state index in [4.69, 9.17) is 0 Å². The monoisotopic (exact) mass is 397 g/mol. The van der Waals surface area contributed by atoms with Gasteiger partial charge in [0.05, 0.1) is 16.7 Å². The molecule has 0 aromatic heterocycles. The largest absolute Gasteiger partial charge is 0.417 e. The molecule has 1 N–H and O–H groups in total. The standard InChI is InChI=1S/C16H9F6NO2.ClH/c17-15(18,19)10-6-7-11(12(8-10)16(20,21)22)14(25)23-13(24)9-4-2-1-3-5-9;/h1-8H,(H,23,24,25);1H. The summed E-state index contributed by atoms with van der Waals surface area (Å²) in [4.78, 5) is 23.8. The van der Waals surface area contributed by atoms with Crippen LogP contribution in [-0.4, -0.2) is 11.8 Å². The number of nitrogens with one attached hydrogen (secondary N) is 1. The molecular weight excluding hydrogens is 388 g/mol. The van der Waals surface area contributed by atoms with Crippen molar-refractivity contribution in [2.45, 2.75) is 12.4 Å². The molecule has 0 unspecified atom stereocenters.